The molecule has 0 atom stereocenters. The predicted molar refractivity (Wildman–Crippen MR) is 56.6 cm³/mol. The first-order valence-corrected chi connectivity index (χ1v) is 4.53. The first-order chi connectivity index (χ1) is 6.84. The summed E-state index contributed by atoms with van der Waals surface area (Å²) >= 11 is 0. The van der Waals surface area contributed by atoms with Crippen molar-refractivity contribution in [3.05, 3.63) is 48.8 Å². The third-order valence-corrected chi connectivity index (χ3v) is 2.50. The minimum Gasteiger partial charge on any atom is -0.508 e. The molecule has 0 aliphatic rings. The highest BCUT2D eigenvalue weighted by atomic mass is 16.3. The number of nitrogens with zero attached hydrogens (tertiary/aromatic N) is 1. The van der Waals surface area contributed by atoms with Crippen LogP contribution < -0.4 is 0 Å². The van der Waals surface area contributed by atoms with E-state index in [0.717, 1.165) is 10.8 Å². The van der Waals surface area contributed by atoms with Crippen LogP contribution in [0, 0.1) is 0 Å². The molecule has 0 aliphatic heterocycles. The van der Waals surface area contributed by atoms with Gasteiger partial charge in [0.1, 0.15) is 5.75 Å². The third kappa shape index (κ3) is 0.909. The maximum Gasteiger partial charge on any atom is 0.116 e. The summed E-state index contributed by atoms with van der Waals surface area (Å²) in [5.74, 6) is 0.313. The second-order valence-electron chi connectivity index (χ2n) is 3.39. The average molecular weight is 183 g/mol. The van der Waals surface area contributed by atoms with E-state index in [1.165, 1.54) is 5.52 Å². The van der Waals surface area contributed by atoms with Crippen molar-refractivity contribution in [1.29, 1.82) is 0 Å². The molecule has 1 aromatic carbocycles. The normalized spacial score (nSPS) is 11.1. The van der Waals surface area contributed by atoms with Gasteiger partial charge in [0.15, 0.2) is 0 Å². The van der Waals surface area contributed by atoms with Crippen LogP contribution in [0.1, 0.15) is 0 Å². The van der Waals surface area contributed by atoms with Crippen molar-refractivity contribution >= 4 is 16.3 Å². The Bertz CT molecular complexity index is 610. The van der Waals surface area contributed by atoms with Gasteiger partial charge in [-0.1, -0.05) is 0 Å². The SMILES string of the molecule is Oc1ccc2c(ccn3cccc23)c1. The topological polar surface area (TPSA) is 24.6 Å². The van der Waals surface area contributed by atoms with Gasteiger partial charge in [-0.05, 0) is 41.8 Å². The summed E-state index contributed by atoms with van der Waals surface area (Å²) < 4.78 is 2.07. The number of pyridine rings is 1. The highest BCUT2D eigenvalue weighted by Crippen LogP contribution is 2.23. The Labute approximate surface area is 81.0 Å². The van der Waals surface area contributed by atoms with Crippen molar-refractivity contribution in [1.82, 2.24) is 4.40 Å². The van der Waals surface area contributed by atoms with E-state index in [2.05, 4.69) is 10.5 Å². The Morgan fingerprint density at radius 1 is 1.00 bits per heavy atom. The zero-order chi connectivity index (χ0) is 9.54. The molecule has 1 N–H and O–H groups in total. The van der Waals surface area contributed by atoms with E-state index in [4.69, 9.17) is 0 Å². The molecule has 0 unspecified atom stereocenters. The van der Waals surface area contributed by atoms with E-state index >= 15 is 0 Å². The molecule has 68 valence electrons. The van der Waals surface area contributed by atoms with Crippen molar-refractivity contribution in [2.75, 3.05) is 0 Å². The quantitative estimate of drug-likeness (QED) is 0.569. The van der Waals surface area contributed by atoms with E-state index < -0.39 is 0 Å². The number of hydrogen-bond acceptors (Lipinski definition) is 1. The van der Waals surface area contributed by atoms with Gasteiger partial charge in [-0.15, -0.1) is 0 Å². The van der Waals surface area contributed by atoms with Gasteiger partial charge in [-0.2, -0.15) is 0 Å². The Balaban J connectivity index is 2.57. The van der Waals surface area contributed by atoms with Crippen LogP contribution in [-0.2, 0) is 0 Å². The zero-order valence-corrected chi connectivity index (χ0v) is 7.51. The maximum atomic E-state index is 9.35. The molecule has 2 nitrogen and oxygen atoms in total. The fourth-order valence-corrected chi connectivity index (χ4v) is 1.83. The fraction of sp³-hybridized carbons (Fsp3) is 0. The first-order valence-electron chi connectivity index (χ1n) is 4.53. The molecule has 0 amide bonds. The van der Waals surface area contributed by atoms with Crippen LogP contribution in [-0.4, -0.2) is 9.51 Å². The van der Waals surface area contributed by atoms with Gasteiger partial charge in [0.25, 0.3) is 0 Å². The molecule has 2 heterocycles. The monoisotopic (exact) mass is 183 g/mol. The number of benzene rings is 1. The van der Waals surface area contributed by atoms with Gasteiger partial charge in [-0.3, -0.25) is 0 Å². The van der Waals surface area contributed by atoms with Crippen LogP contribution in [0.3, 0.4) is 0 Å². The summed E-state index contributed by atoms with van der Waals surface area (Å²) in [6.07, 6.45) is 4.01. The summed E-state index contributed by atoms with van der Waals surface area (Å²) in [7, 11) is 0. The molecule has 2 aromatic heterocycles. The van der Waals surface area contributed by atoms with Crippen LogP contribution in [0.15, 0.2) is 48.8 Å². The third-order valence-electron chi connectivity index (χ3n) is 2.50. The van der Waals surface area contributed by atoms with Gasteiger partial charge in [0.05, 0.1) is 5.52 Å². The van der Waals surface area contributed by atoms with E-state index in [1.807, 2.05) is 30.6 Å². The molecule has 14 heavy (non-hydrogen) atoms. The second kappa shape index (κ2) is 2.51. The highest BCUT2D eigenvalue weighted by molar-refractivity contribution is 5.96. The van der Waals surface area contributed by atoms with Gasteiger partial charge in [0.2, 0.25) is 0 Å². The first kappa shape index (κ1) is 7.44. The molecule has 0 fully saturated rings. The Morgan fingerprint density at radius 3 is 2.86 bits per heavy atom. The van der Waals surface area contributed by atoms with Gasteiger partial charge >= 0.3 is 0 Å². The van der Waals surface area contributed by atoms with Crippen LogP contribution >= 0.6 is 0 Å². The minimum absolute atomic E-state index is 0.313. The second-order valence-corrected chi connectivity index (χ2v) is 3.39. The standard InChI is InChI=1S/C12H9NO/c14-10-3-4-11-9(8-10)5-7-13-6-1-2-12(11)13/h1-8,14H. The number of aromatic nitrogens is 1. The van der Waals surface area contributed by atoms with Gasteiger partial charge < -0.3 is 9.51 Å². The van der Waals surface area contributed by atoms with E-state index in [9.17, 15) is 5.11 Å². The molecule has 0 radical (unpaired) electrons. The van der Waals surface area contributed by atoms with Gasteiger partial charge in [-0.25, -0.2) is 0 Å². The highest BCUT2D eigenvalue weighted by Gasteiger charge is 1.99. The van der Waals surface area contributed by atoms with Gasteiger partial charge in [0, 0.05) is 17.8 Å². The largest absolute Gasteiger partial charge is 0.508 e. The number of fused-ring (bicyclic) bond motifs is 3. The fourth-order valence-electron chi connectivity index (χ4n) is 1.83. The number of rotatable bonds is 0. The molecular formula is C12H9NO. The van der Waals surface area contributed by atoms with Crippen LogP contribution in [0.25, 0.3) is 16.3 Å². The lowest BCUT2D eigenvalue weighted by atomic mass is 10.1. The molecule has 0 bridgehead atoms. The maximum absolute atomic E-state index is 9.35. The van der Waals surface area contributed by atoms with E-state index in [0.29, 0.717) is 5.75 Å². The Hall–Kier alpha value is -1.96. The van der Waals surface area contributed by atoms with Crippen LogP contribution in [0.5, 0.6) is 5.75 Å². The van der Waals surface area contributed by atoms with Crippen molar-refractivity contribution in [2.24, 2.45) is 0 Å². The van der Waals surface area contributed by atoms with Crippen molar-refractivity contribution in [3.63, 3.8) is 0 Å². The van der Waals surface area contributed by atoms with Crippen LogP contribution in [0.2, 0.25) is 0 Å². The molecule has 2 heteroatoms. The number of aromatic hydroxyl groups is 1. The summed E-state index contributed by atoms with van der Waals surface area (Å²) in [6.45, 7) is 0. The molecule has 3 aromatic rings. The zero-order valence-electron chi connectivity index (χ0n) is 7.51. The Morgan fingerprint density at radius 2 is 1.93 bits per heavy atom. The lowest BCUT2D eigenvalue weighted by Crippen LogP contribution is -1.82. The lowest BCUT2D eigenvalue weighted by molar-refractivity contribution is 0.476. The average Bonchev–Trinajstić information content (AvgIpc) is 2.65. The molecule has 0 saturated heterocycles. The molecule has 0 aliphatic carbocycles. The van der Waals surface area contributed by atoms with Crippen molar-refractivity contribution in [3.8, 4) is 5.75 Å². The molecular weight excluding hydrogens is 174 g/mol. The summed E-state index contributed by atoms with van der Waals surface area (Å²) in [6, 6.07) is 11.5. The van der Waals surface area contributed by atoms with Crippen molar-refractivity contribution < 1.29 is 5.11 Å². The summed E-state index contributed by atoms with van der Waals surface area (Å²) in [4.78, 5) is 0. The van der Waals surface area contributed by atoms with E-state index in [-0.39, 0.29) is 0 Å². The number of hydrogen-bond donors (Lipinski definition) is 1. The smallest absolute Gasteiger partial charge is 0.116 e. The molecule has 3 rings (SSSR count). The summed E-state index contributed by atoms with van der Waals surface area (Å²) in [5.41, 5.74) is 1.17. The lowest BCUT2D eigenvalue weighted by Gasteiger charge is -2.01. The number of phenols is 1. The number of phenolic OH excluding ortho intramolecular Hbond substituents is 1. The van der Waals surface area contributed by atoms with Crippen LogP contribution in [0.4, 0.5) is 0 Å². The van der Waals surface area contributed by atoms with Crippen molar-refractivity contribution in [2.45, 2.75) is 0 Å². The minimum atomic E-state index is 0.313. The molecule has 0 spiro atoms. The molecule has 0 saturated carbocycles. The van der Waals surface area contributed by atoms with E-state index in [1.54, 1.807) is 12.1 Å². The Kier molecular flexibility index (Phi) is 1.34. The summed E-state index contributed by atoms with van der Waals surface area (Å²) in [5, 5.41) is 11.6. The predicted octanol–water partition coefficient (Wildman–Crippen LogP) is 2.80.